The third-order valence-corrected chi connectivity index (χ3v) is 3.41. The summed E-state index contributed by atoms with van der Waals surface area (Å²) in [6, 6.07) is 3.38. The summed E-state index contributed by atoms with van der Waals surface area (Å²) in [7, 11) is 0. The topological polar surface area (TPSA) is 94.9 Å². The Balaban J connectivity index is 2.38. The molecule has 0 bridgehead atoms. The van der Waals surface area contributed by atoms with Crippen molar-refractivity contribution in [3.8, 4) is 0 Å². The van der Waals surface area contributed by atoms with E-state index in [0.717, 1.165) is 0 Å². The van der Waals surface area contributed by atoms with Crippen LogP contribution in [0.3, 0.4) is 0 Å². The monoisotopic (exact) mass is 277 g/mol. The number of carboxylic acid groups (broad SMARTS) is 2. The molecule has 1 aromatic rings. The molecule has 0 aromatic heterocycles. The SMILES string of the molecule is CC(C)C(C(=O)O)N1Cc2ccc(C(=O)O)cc2C1=O. The molecule has 0 fully saturated rings. The lowest BCUT2D eigenvalue weighted by Gasteiger charge is -2.27. The zero-order valence-corrected chi connectivity index (χ0v) is 11.2. The Bertz CT molecular complexity index is 593. The Morgan fingerprint density at radius 2 is 1.90 bits per heavy atom. The minimum Gasteiger partial charge on any atom is -0.480 e. The highest BCUT2D eigenvalue weighted by molar-refractivity contribution is 6.02. The van der Waals surface area contributed by atoms with E-state index in [1.54, 1.807) is 19.9 Å². The molecule has 2 N–H and O–H groups in total. The highest BCUT2D eigenvalue weighted by Gasteiger charge is 2.38. The molecule has 1 unspecified atom stereocenters. The number of fused-ring (bicyclic) bond motifs is 1. The standard InChI is InChI=1S/C14H15NO5/c1-7(2)11(14(19)20)15-6-9-4-3-8(13(17)18)5-10(9)12(15)16/h3-5,7,11H,6H2,1-2H3,(H,17,18)(H,19,20). The molecule has 0 spiro atoms. The Labute approximate surface area is 115 Å². The lowest BCUT2D eigenvalue weighted by Crippen LogP contribution is -2.44. The maximum Gasteiger partial charge on any atom is 0.335 e. The highest BCUT2D eigenvalue weighted by Crippen LogP contribution is 2.28. The first kappa shape index (κ1) is 14.0. The van der Waals surface area contributed by atoms with Gasteiger partial charge in [0.2, 0.25) is 0 Å². The van der Waals surface area contributed by atoms with Crippen molar-refractivity contribution in [1.29, 1.82) is 0 Å². The molecule has 20 heavy (non-hydrogen) atoms. The molecule has 0 saturated heterocycles. The van der Waals surface area contributed by atoms with Gasteiger partial charge >= 0.3 is 11.9 Å². The van der Waals surface area contributed by atoms with Gasteiger partial charge in [0.05, 0.1) is 5.56 Å². The maximum atomic E-state index is 12.3. The fourth-order valence-electron chi connectivity index (χ4n) is 2.46. The van der Waals surface area contributed by atoms with Crippen molar-refractivity contribution in [3.05, 3.63) is 34.9 Å². The van der Waals surface area contributed by atoms with Gasteiger partial charge in [0, 0.05) is 12.1 Å². The van der Waals surface area contributed by atoms with Gasteiger partial charge in [-0.3, -0.25) is 4.79 Å². The highest BCUT2D eigenvalue weighted by atomic mass is 16.4. The molecule has 6 nitrogen and oxygen atoms in total. The van der Waals surface area contributed by atoms with Crippen molar-refractivity contribution < 1.29 is 24.6 Å². The molecular weight excluding hydrogens is 262 g/mol. The van der Waals surface area contributed by atoms with Gasteiger partial charge in [0.25, 0.3) is 5.91 Å². The third-order valence-electron chi connectivity index (χ3n) is 3.41. The first-order valence-corrected chi connectivity index (χ1v) is 6.23. The second-order valence-electron chi connectivity index (χ2n) is 5.14. The van der Waals surface area contributed by atoms with Crippen LogP contribution in [0.5, 0.6) is 0 Å². The van der Waals surface area contributed by atoms with Gasteiger partial charge in [-0.15, -0.1) is 0 Å². The normalized spacial score (nSPS) is 15.3. The summed E-state index contributed by atoms with van der Waals surface area (Å²) >= 11 is 0. The smallest absolute Gasteiger partial charge is 0.335 e. The molecule has 1 aliphatic heterocycles. The van der Waals surface area contributed by atoms with Crippen LogP contribution in [0.4, 0.5) is 0 Å². The zero-order chi connectivity index (χ0) is 15.0. The molecule has 1 amide bonds. The summed E-state index contributed by atoms with van der Waals surface area (Å²) in [5, 5.41) is 18.2. The van der Waals surface area contributed by atoms with Gasteiger partial charge in [0.15, 0.2) is 0 Å². The second kappa shape index (κ2) is 4.96. The van der Waals surface area contributed by atoms with Crippen LogP contribution in [-0.4, -0.2) is 39.0 Å². The number of carboxylic acids is 2. The Morgan fingerprint density at radius 1 is 1.25 bits per heavy atom. The van der Waals surface area contributed by atoms with Crippen LogP contribution in [0.15, 0.2) is 18.2 Å². The molecule has 0 saturated carbocycles. The molecule has 6 heteroatoms. The van der Waals surface area contributed by atoms with E-state index in [2.05, 4.69) is 0 Å². The van der Waals surface area contributed by atoms with Crippen LogP contribution in [0, 0.1) is 5.92 Å². The van der Waals surface area contributed by atoms with E-state index in [0.29, 0.717) is 5.56 Å². The van der Waals surface area contributed by atoms with Crippen LogP contribution in [0.1, 0.15) is 40.1 Å². The first-order valence-electron chi connectivity index (χ1n) is 6.23. The number of benzene rings is 1. The molecule has 0 aliphatic carbocycles. The number of hydrogen-bond acceptors (Lipinski definition) is 3. The second-order valence-corrected chi connectivity index (χ2v) is 5.14. The molecule has 1 atom stereocenters. The van der Waals surface area contributed by atoms with Crippen molar-refractivity contribution in [3.63, 3.8) is 0 Å². The number of hydrogen-bond donors (Lipinski definition) is 2. The predicted octanol–water partition coefficient (Wildman–Crippen LogP) is 1.45. The van der Waals surface area contributed by atoms with Crippen LogP contribution >= 0.6 is 0 Å². The predicted molar refractivity (Wildman–Crippen MR) is 69.5 cm³/mol. The summed E-state index contributed by atoms with van der Waals surface area (Å²) in [6.07, 6.45) is 0. The van der Waals surface area contributed by atoms with Gasteiger partial charge in [-0.25, -0.2) is 9.59 Å². The summed E-state index contributed by atoms with van der Waals surface area (Å²) < 4.78 is 0. The van der Waals surface area contributed by atoms with E-state index >= 15 is 0 Å². The van der Waals surface area contributed by atoms with E-state index in [1.807, 2.05) is 0 Å². The van der Waals surface area contributed by atoms with Gasteiger partial charge in [-0.1, -0.05) is 19.9 Å². The zero-order valence-electron chi connectivity index (χ0n) is 11.2. The number of rotatable bonds is 4. The summed E-state index contributed by atoms with van der Waals surface area (Å²) in [4.78, 5) is 35.8. The third kappa shape index (κ3) is 2.24. The average molecular weight is 277 g/mol. The summed E-state index contributed by atoms with van der Waals surface area (Å²) in [5.41, 5.74) is 0.957. The van der Waals surface area contributed by atoms with E-state index in [9.17, 15) is 19.5 Å². The Hall–Kier alpha value is -2.37. The summed E-state index contributed by atoms with van der Waals surface area (Å²) in [5.74, 6) is -2.83. The van der Waals surface area contributed by atoms with Crippen LogP contribution < -0.4 is 0 Å². The van der Waals surface area contributed by atoms with Gasteiger partial charge in [-0.2, -0.15) is 0 Å². The van der Waals surface area contributed by atoms with Crippen molar-refractivity contribution in [2.75, 3.05) is 0 Å². The molecule has 0 radical (unpaired) electrons. The maximum absolute atomic E-state index is 12.3. The number of carbonyl (C=O) groups is 3. The number of aliphatic carboxylic acids is 1. The van der Waals surface area contributed by atoms with Gasteiger partial charge in [-0.05, 0) is 23.6 Å². The van der Waals surface area contributed by atoms with Gasteiger partial charge < -0.3 is 15.1 Å². The number of amides is 1. The molecule has 1 heterocycles. The lowest BCUT2D eigenvalue weighted by atomic mass is 10.0. The van der Waals surface area contributed by atoms with Crippen molar-refractivity contribution in [2.24, 2.45) is 5.92 Å². The van der Waals surface area contributed by atoms with E-state index in [4.69, 9.17) is 5.11 Å². The fraction of sp³-hybridized carbons (Fsp3) is 0.357. The molecular formula is C14H15NO5. The van der Waals surface area contributed by atoms with E-state index in [-0.39, 0.29) is 23.6 Å². The first-order chi connectivity index (χ1) is 9.32. The number of nitrogens with zero attached hydrogens (tertiary/aromatic N) is 1. The number of carbonyl (C=O) groups excluding carboxylic acids is 1. The van der Waals surface area contributed by atoms with Crippen molar-refractivity contribution >= 4 is 17.8 Å². The summed E-state index contributed by atoms with van der Waals surface area (Å²) in [6.45, 7) is 3.67. The molecule has 1 aliphatic rings. The van der Waals surface area contributed by atoms with Crippen molar-refractivity contribution in [2.45, 2.75) is 26.4 Å². The minimum atomic E-state index is -1.11. The molecule has 2 rings (SSSR count). The number of aromatic carboxylic acids is 1. The largest absolute Gasteiger partial charge is 0.480 e. The molecule has 106 valence electrons. The Morgan fingerprint density at radius 3 is 2.40 bits per heavy atom. The Kier molecular flexibility index (Phi) is 3.48. The minimum absolute atomic E-state index is 0.0235. The lowest BCUT2D eigenvalue weighted by molar-refractivity contribution is -0.144. The quantitative estimate of drug-likeness (QED) is 0.868. The van der Waals surface area contributed by atoms with E-state index in [1.165, 1.54) is 17.0 Å². The fourth-order valence-corrected chi connectivity index (χ4v) is 2.46. The van der Waals surface area contributed by atoms with Crippen LogP contribution in [0.25, 0.3) is 0 Å². The van der Waals surface area contributed by atoms with Crippen molar-refractivity contribution in [1.82, 2.24) is 4.90 Å². The van der Waals surface area contributed by atoms with Crippen LogP contribution in [-0.2, 0) is 11.3 Å². The average Bonchev–Trinajstić information content (AvgIpc) is 2.65. The van der Waals surface area contributed by atoms with Crippen LogP contribution in [0.2, 0.25) is 0 Å². The van der Waals surface area contributed by atoms with Gasteiger partial charge in [0.1, 0.15) is 6.04 Å². The molecule has 1 aromatic carbocycles. The van der Waals surface area contributed by atoms with E-state index < -0.39 is 23.9 Å².